The molecule has 0 spiro atoms. The molecule has 2 unspecified atom stereocenters. The molecule has 0 radical (unpaired) electrons. The molecular weight excluding hydrogens is 306 g/mol. The van der Waals surface area contributed by atoms with Gasteiger partial charge >= 0.3 is 11.9 Å². The predicted octanol–water partition coefficient (Wildman–Crippen LogP) is 0.965. The Bertz CT molecular complexity index is 373. The monoisotopic (exact) mass is 333 g/mol. The van der Waals surface area contributed by atoms with Crippen molar-refractivity contribution in [3.05, 3.63) is 0 Å². The summed E-state index contributed by atoms with van der Waals surface area (Å²) in [5, 5.41) is 12.9. The van der Waals surface area contributed by atoms with Crippen LogP contribution in [-0.4, -0.2) is 61.0 Å². The van der Waals surface area contributed by atoms with Crippen LogP contribution in [0.4, 0.5) is 0 Å². The van der Waals surface area contributed by atoms with Gasteiger partial charge in [0.15, 0.2) is 0 Å². The molecule has 1 fully saturated rings. The average molecular weight is 333 g/mol. The van der Waals surface area contributed by atoms with E-state index in [1.54, 1.807) is 18.7 Å². The molecule has 6 nitrogen and oxygen atoms in total. The molecule has 0 aliphatic heterocycles. The lowest BCUT2D eigenvalue weighted by molar-refractivity contribution is -0.153. The van der Waals surface area contributed by atoms with Gasteiger partial charge in [-0.1, -0.05) is 0 Å². The Morgan fingerprint density at radius 2 is 2.05 bits per heavy atom. The van der Waals surface area contributed by atoms with Crippen LogP contribution in [0.15, 0.2) is 0 Å². The number of carbonyl (C=O) groups excluding carboxylic acids is 2. The van der Waals surface area contributed by atoms with Gasteiger partial charge in [0.1, 0.15) is 18.8 Å². The fourth-order valence-corrected chi connectivity index (χ4v) is 2.33. The summed E-state index contributed by atoms with van der Waals surface area (Å²) >= 11 is 1.64. The molecule has 1 rings (SSSR count). The van der Waals surface area contributed by atoms with E-state index in [4.69, 9.17) is 9.47 Å². The summed E-state index contributed by atoms with van der Waals surface area (Å²) in [5.41, 5.74) is -0.348. The summed E-state index contributed by atoms with van der Waals surface area (Å²) < 4.78 is 10.1. The van der Waals surface area contributed by atoms with Gasteiger partial charge < -0.3 is 19.9 Å². The molecule has 0 aromatic heterocycles. The Morgan fingerprint density at radius 1 is 1.36 bits per heavy atom. The van der Waals surface area contributed by atoms with Gasteiger partial charge in [-0.3, -0.25) is 9.59 Å². The second kappa shape index (κ2) is 9.37. The summed E-state index contributed by atoms with van der Waals surface area (Å²) in [4.78, 5) is 23.5. The number of thioether (sulfide) groups is 1. The van der Waals surface area contributed by atoms with E-state index in [9.17, 15) is 14.7 Å². The lowest BCUT2D eigenvalue weighted by atomic mass is 10.1. The van der Waals surface area contributed by atoms with Crippen molar-refractivity contribution in [1.29, 1.82) is 0 Å². The zero-order chi connectivity index (χ0) is 16.6. The Hall–Kier alpha value is -0.790. The number of esters is 2. The van der Waals surface area contributed by atoms with Crippen molar-refractivity contribution in [2.24, 2.45) is 5.41 Å². The Kier molecular flexibility index (Phi) is 8.20. The molecule has 1 saturated carbocycles. The number of aliphatic hydroxyl groups excluding tert-OH is 1. The van der Waals surface area contributed by atoms with Crippen molar-refractivity contribution < 1.29 is 24.2 Å². The summed E-state index contributed by atoms with van der Waals surface area (Å²) in [7, 11) is 0. The molecule has 0 bridgehead atoms. The number of aliphatic hydroxyl groups is 1. The van der Waals surface area contributed by atoms with E-state index in [1.165, 1.54) is 0 Å². The number of carbonyl (C=O) groups is 2. The predicted molar refractivity (Wildman–Crippen MR) is 85.7 cm³/mol. The van der Waals surface area contributed by atoms with Crippen LogP contribution >= 0.6 is 11.8 Å². The Morgan fingerprint density at radius 3 is 2.59 bits per heavy atom. The fraction of sp³-hybridized carbons (Fsp3) is 0.867. The SMILES string of the molecule is CCOC(=O)C(CCSC)NCC(O)COC(=O)C1(C)CC1. The summed E-state index contributed by atoms with van der Waals surface area (Å²) in [5.74, 6) is 0.252. The van der Waals surface area contributed by atoms with Crippen LogP contribution in [0.3, 0.4) is 0 Å². The average Bonchev–Trinajstić information content (AvgIpc) is 3.24. The van der Waals surface area contributed by atoms with Crippen molar-refractivity contribution >= 4 is 23.7 Å². The highest BCUT2D eigenvalue weighted by Crippen LogP contribution is 2.45. The second-order valence-corrected chi connectivity index (χ2v) is 6.79. The minimum Gasteiger partial charge on any atom is -0.465 e. The molecule has 0 saturated heterocycles. The lowest BCUT2D eigenvalue weighted by Gasteiger charge is -2.19. The van der Waals surface area contributed by atoms with Crippen LogP contribution in [-0.2, 0) is 19.1 Å². The topological polar surface area (TPSA) is 84.9 Å². The molecule has 128 valence electrons. The lowest BCUT2D eigenvalue weighted by Crippen LogP contribution is -2.43. The van der Waals surface area contributed by atoms with E-state index in [2.05, 4.69) is 5.32 Å². The molecule has 0 aromatic rings. The van der Waals surface area contributed by atoms with Gasteiger partial charge in [-0.05, 0) is 45.1 Å². The zero-order valence-electron chi connectivity index (χ0n) is 13.6. The second-order valence-electron chi connectivity index (χ2n) is 5.81. The Labute approximate surface area is 136 Å². The largest absolute Gasteiger partial charge is 0.465 e. The van der Waals surface area contributed by atoms with Crippen LogP contribution in [0.5, 0.6) is 0 Å². The summed E-state index contributed by atoms with van der Waals surface area (Å²) in [6.07, 6.45) is 3.46. The van der Waals surface area contributed by atoms with E-state index < -0.39 is 12.1 Å². The van der Waals surface area contributed by atoms with E-state index in [0.29, 0.717) is 13.0 Å². The van der Waals surface area contributed by atoms with Crippen molar-refractivity contribution in [2.45, 2.75) is 45.3 Å². The minimum atomic E-state index is -0.836. The van der Waals surface area contributed by atoms with Gasteiger partial charge in [-0.15, -0.1) is 0 Å². The van der Waals surface area contributed by atoms with Crippen LogP contribution < -0.4 is 5.32 Å². The number of hydrogen-bond acceptors (Lipinski definition) is 7. The number of hydrogen-bond donors (Lipinski definition) is 2. The van der Waals surface area contributed by atoms with Crippen molar-refractivity contribution in [3.63, 3.8) is 0 Å². The number of ether oxygens (including phenoxy) is 2. The highest BCUT2D eigenvalue weighted by atomic mass is 32.2. The molecule has 7 heteroatoms. The van der Waals surface area contributed by atoms with Gasteiger partial charge in [0.2, 0.25) is 0 Å². The standard InChI is InChI=1S/C15H27NO5S/c1-4-20-13(18)12(5-8-22-3)16-9-11(17)10-21-14(19)15(2)6-7-15/h11-12,16-17H,4-10H2,1-3H3. The first-order chi connectivity index (χ1) is 10.4. The molecule has 0 amide bonds. The minimum absolute atomic E-state index is 0.0561. The summed E-state index contributed by atoms with van der Waals surface area (Å²) in [6.45, 7) is 4.08. The quantitative estimate of drug-likeness (QED) is 0.545. The van der Waals surface area contributed by atoms with Gasteiger partial charge in [-0.25, -0.2) is 0 Å². The number of nitrogens with one attached hydrogen (secondary N) is 1. The Balaban J connectivity index is 2.29. The first kappa shape index (κ1) is 19.3. The molecule has 0 aromatic carbocycles. The third-order valence-corrected chi connectivity index (χ3v) is 4.33. The fourth-order valence-electron chi connectivity index (χ4n) is 1.86. The number of rotatable bonds is 11. The third kappa shape index (κ3) is 6.54. The van der Waals surface area contributed by atoms with Crippen LogP contribution in [0.2, 0.25) is 0 Å². The maximum Gasteiger partial charge on any atom is 0.323 e. The highest BCUT2D eigenvalue weighted by molar-refractivity contribution is 7.98. The van der Waals surface area contributed by atoms with Crippen LogP contribution in [0.25, 0.3) is 0 Å². The van der Waals surface area contributed by atoms with Crippen molar-refractivity contribution in [2.75, 3.05) is 31.8 Å². The van der Waals surface area contributed by atoms with Gasteiger partial charge in [0.25, 0.3) is 0 Å². The van der Waals surface area contributed by atoms with Gasteiger partial charge in [0, 0.05) is 6.54 Å². The maximum atomic E-state index is 11.8. The normalized spacial score (nSPS) is 18.4. The van der Waals surface area contributed by atoms with E-state index in [0.717, 1.165) is 18.6 Å². The summed E-state index contributed by atoms with van der Waals surface area (Å²) in [6, 6.07) is -0.446. The van der Waals surface area contributed by atoms with Crippen LogP contribution in [0, 0.1) is 5.41 Å². The van der Waals surface area contributed by atoms with E-state index >= 15 is 0 Å². The smallest absolute Gasteiger partial charge is 0.323 e. The van der Waals surface area contributed by atoms with E-state index in [1.807, 2.05) is 13.2 Å². The molecule has 2 atom stereocenters. The third-order valence-electron chi connectivity index (χ3n) is 3.68. The first-order valence-corrected chi connectivity index (χ1v) is 9.06. The molecule has 1 aliphatic rings. The van der Waals surface area contributed by atoms with E-state index in [-0.39, 0.29) is 30.5 Å². The molecule has 1 aliphatic carbocycles. The van der Waals surface area contributed by atoms with Crippen LogP contribution in [0.1, 0.15) is 33.1 Å². The van der Waals surface area contributed by atoms with Crippen molar-refractivity contribution in [1.82, 2.24) is 5.32 Å². The highest BCUT2D eigenvalue weighted by Gasteiger charge is 2.46. The van der Waals surface area contributed by atoms with Gasteiger partial charge in [0.05, 0.1) is 12.0 Å². The molecule has 0 heterocycles. The van der Waals surface area contributed by atoms with Gasteiger partial charge in [-0.2, -0.15) is 11.8 Å². The first-order valence-electron chi connectivity index (χ1n) is 7.67. The zero-order valence-corrected chi connectivity index (χ0v) is 14.4. The molecule has 22 heavy (non-hydrogen) atoms. The molecule has 2 N–H and O–H groups in total. The maximum absolute atomic E-state index is 11.8. The van der Waals surface area contributed by atoms with Crippen molar-refractivity contribution in [3.8, 4) is 0 Å². The molecular formula is C15H27NO5S.